The molecule has 0 saturated heterocycles. The third-order valence-electron chi connectivity index (χ3n) is 3.24. The van der Waals surface area contributed by atoms with Gasteiger partial charge in [0.15, 0.2) is 0 Å². The summed E-state index contributed by atoms with van der Waals surface area (Å²) in [4.78, 5) is 0. The van der Waals surface area contributed by atoms with Crippen LogP contribution in [0.15, 0.2) is 22.7 Å². The molecule has 0 heterocycles. The molecule has 3 N–H and O–H groups in total. The minimum Gasteiger partial charge on any atom is -0.507 e. The zero-order valence-electron chi connectivity index (χ0n) is 8.29. The second-order valence-corrected chi connectivity index (χ2v) is 5.39. The average molecular weight is 256 g/mol. The Labute approximate surface area is 92.3 Å². The van der Waals surface area contributed by atoms with E-state index in [4.69, 9.17) is 5.73 Å². The van der Waals surface area contributed by atoms with E-state index < -0.39 is 0 Å². The third kappa shape index (κ3) is 1.35. The van der Waals surface area contributed by atoms with Crippen molar-refractivity contribution in [2.45, 2.75) is 25.8 Å². The summed E-state index contributed by atoms with van der Waals surface area (Å²) in [6, 6.07) is 5.84. The average Bonchev–Trinajstić information content (AvgIpc) is 2.58. The normalized spacial score (nSPS) is 28.9. The van der Waals surface area contributed by atoms with E-state index in [0.717, 1.165) is 4.47 Å². The van der Waals surface area contributed by atoms with Gasteiger partial charge in [-0.25, -0.2) is 0 Å². The van der Waals surface area contributed by atoms with Gasteiger partial charge in [0, 0.05) is 12.0 Å². The Kier molecular flexibility index (Phi) is 2.12. The van der Waals surface area contributed by atoms with Gasteiger partial charge < -0.3 is 10.8 Å². The Bertz CT molecular complexity index is 376. The number of nitrogens with two attached hydrogens (primary N) is 1. The van der Waals surface area contributed by atoms with Crippen LogP contribution in [0.2, 0.25) is 0 Å². The highest BCUT2D eigenvalue weighted by molar-refractivity contribution is 9.10. The number of phenols is 1. The maximum Gasteiger partial charge on any atom is 0.129 e. The van der Waals surface area contributed by atoms with Gasteiger partial charge in [0.2, 0.25) is 0 Å². The van der Waals surface area contributed by atoms with Crippen LogP contribution in [0, 0.1) is 5.41 Å². The number of halogens is 1. The van der Waals surface area contributed by atoms with Crippen molar-refractivity contribution in [1.82, 2.24) is 0 Å². The highest BCUT2D eigenvalue weighted by Gasteiger charge is 2.56. The van der Waals surface area contributed by atoms with Crippen LogP contribution in [0.5, 0.6) is 5.75 Å². The van der Waals surface area contributed by atoms with E-state index in [1.807, 2.05) is 12.1 Å². The minimum absolute atomic E-state index is 0.191. The van der Waals surface area contributed by atoms with Gasteiger partial charge in [-0.2, -0.15) is 0 Å². The molecule has 0 unspecified atom stereocenters. The standard InChI is InChI=1S/C11H14BrNO/c1-11(2)9(10(11)13)6-3-4-8(14)7(12)5-6/h3-5,9-10,14H,13H2,1-2H3/t9-,10-/m1/s1. The molecule has 0 spiro atoms. The molecule has 1 saturated carbocycles. The fourth-order valence-corrected chi connectivity index (χ4v) is 2.43. The Morgan fingerprint density at radius 2 is 2.00 bits per heavy atom. The Morgan fingerprint density at radius 3 is 2.43 bits per heavy atom. The molecule has 0 bridgehead atoms. The number of benzene rings is 1. The van der Waals surface area contributed by atoms with E-state index in [0.29, 0.717) is 5.92 Å². The summed E-state index contributed by atoms with van der Waals surface area (Å²) in [5, 5.41) is 9.36. The van der Waals surface area contributed by atoms with Crippen LogP contribution in [-0.2, 0) is 0 Å². The molecule has 2 atom stereocenters. The maximum absolute atomic E-state index is 9.36. The first-order chi connectivity index (χ1) is 6.44. The molecule has 1 fully saturated rings. The van der Waals surface area contributed by atoms with Crippen LogP contribution in [0.3, 0.4) is 0 Å². The van der Waals surface area contributed by atoms with Crippen molar-refractivity contribution in [1.29, 1.82) is 0 Å². The number of hydrogen-bond acceptors (Lipinski definition) is 2. The first-order valence-electron chi connectivity index (χ1n) is 4.68. The fraction of sp³-hybridized carbons (Fsp3) is 0.455. The van der Waals surface area contributed by atoms with Crippen LogP contribution in [0.25, 0.3) is 0 Å². The molecular formula is C11H14BrNO. The molecule has 3 heteroatoms. The van der Waals surface area contributed by atoms with Crippen molar-refractivity contribution in [3.05, 3.63) is 28.2 Å². The van der Waals surface area contributed by atoms with Crippen LogP contribution in [0.1, 0.15) is 25.3 Å². The lowest BCUT2D eigenvalue weighted by molar-refractivity contribution is 0.471. The second-order valence-electron chi connectivity index (χ2n) is 4.54. The lowest BCUT2D eigenvalue weighted by atomic mass is 10.0. The quantitative estimate of drug-likeness (QED) is 0.811. The topological polar surface area (TPSA) is 46.2 Å². The first kappa shape index (κ1) is 9.99. The predicted molar refractivity (Wildman–Crippen MR) is 60.3 cm³/mol. The zero-order valence-corrected chi connectivity index (χ0v) is 9.88. The third-order valence-corrected chi connectivity index (χ3v) is 3.88. The van der Waals surface area contributed by atoms with Crippen molar-refractivity contribution in [3.63, 3.8) is 0 Å². The van der Waals surface area contributed by atoms with Crippen LogP contribution < -0.4 is 5.73 Å². The Hall–Kier alpha value is -0.540. The highest BCUT2D eigenvalue weighted by atomic mass is 79.9. The number of rotatable bonds is 1. The molecule has 1 aliphatic carbocycles. The molecule has 2 nitrogen and oxygen atoms in total. The highest BCUT2D eigenvalue weighted by Crippen LogP contribution is 2.57. The molecule has 1 aromatic carbocycles. The van der Waals surface area contributed by atoms with Gasteiger partial charge in [-0.3, -0.25) is 0 Å². The Balaban J connectivity index is 2.32. The molecule has 0 radical (unpaired) electrons. The molecule has 0 aliphatic heterocycles. The molecule has 0 aromatic heterocycles. The van der Waals surface area contributed by atoms with E-state index in [-0.39, 0.29) is 17.2 Å². The van der Waals surface area contributed by atoms with E-state index >= 15 is 0 Å². The van der Waals surface area contributed by atoms with Crippen molar-refractivity contribution in [2.24, 2.45) is 11.1 Å². The van der Waals surface area contributed by atoms with Crippen LogP contribution in [-0.4, -0.2) is 11.1 Å². The van der Waals surface area contributed by atoms with E-state index in [1.165, 1.54) is 5.56 Å². The summed E-state index contributed by atoms with van der Waals surface area (Å²) in [6.45, 7) is 4.34. The second kappa shape index (κ2) is 2.97. The van der Waals surface area contributed by atoms with Gasteiger partial charge in [-0.15, -0.1) is 0 Å². The fourth-order valence-electron chi connectivity index (χ4n) is 2.03. The molecule has 2 rings (SSSR count). The van der Waals surface area contributed by atoms with Gasteiger partial charge in [-0.05, 0) is 39.0 Å². The predicted octanol–water partition coefficient (Wildman–Crippen LogP) is 2.61. The summed E-state index contributed by atoms with van der Waals surface area (Å²) in [5.41, 5.74) is 7.38. The maximum atomic E-state index is 9.36. The van der Waals surface area contributed by atoms with Gasteiger partial charge >= 0.3 is 0 Å². The van der Waals surface area contributed by atoms with E-state index in [2.05, 4.69) is 29.8 Å². The minimum atomic E-state index is 0.191. The summed E-state index contributed by atoms with van der Waals surface area (Å²) >= 11 is 3.31. The van der Waals surface area contributed by atoms with Gasteiger partial charge in [0.25, 0.3) is 0 Å². The molecule has 0 amide bonds. The SMILES string of the molecule is CC1(C)[C@H](N)[C@H]1c1ccc(O)c(Br)c1. The molecular weight excluding hydrogens is 242 g/mol. The molecule has 76 valence electrons. The Morgan fingerprint density at radius 1 is 1.43 bits per heavy atom. The van der Waals surface area contributed by atoms with Gasteiger partial charge in [0.1, 0.15) is 5.75 Å². The van der Waals surface area contributed by atoms with Crippen molar-refractivity contribution in [2.75, 3.05) is 0 Å². The number of phenolic OH excluding ortho intramolecular Hbond substituents is 1. The van der Waals surface area contributed by atoms with Gasteiger partial charge in [0.05, 0.1) is 4.47 Å². The monoisotopic (exact) mass is 255 g/mol. The number of aromatic hydroxyl groups is 1. The lowest BCUT2D eigenvalue weighted by Crippen LogP contribution is -2.06. The summed E-state index contributed by atoms with van der Waals surface area (Å²) in [5.74, 6) is 0.695. The largest absolute Gasteiger partial charge is 0.507 e. The zero-order chi connectivity index (χ0) is 10.5. The molecule has 14 heavy (non-hydrogen) atoms. The molecule has 1 aliphatic rings. The van der Waals surface area contributed by atoms with E-state index in [1.54, 1.807) is 6.07 Å². The first-order valence-corrected chi connectivity index (χ1v) is 5.48. The van der Waals surface area contributed by atoms with Gasteiger partial charge in [-0.1, -0.05) is 19.9 Å². The smallest absolute Gasteiger partial charge is 0.129 e. The van der Waals surface area contributed by atoms with Crippen molar-refractivity contribution >= 4 is 15.9 Å². The summed E-state index contributed by atoms with van der Waals surface area (Å²) < 4.78 is 0.741. The van der Waals surface area contributed by atoms with E-state index in [9.17, 15) is 5.11 Å². The van der Waals surface area contributed by atoms with Crippen molar-refractivity contribution < 1.29 is 5.11 Å². The number of hydrogen-bond donors (Lipinski definition) is 2. The molecule has 1 aromatic rings. The van der Waals surface area contributed by atoms with Crippen molar-refractivity contribution in [3.8, 4) is 5.75 Å². The summed E-state index contributed by atoms with van der Waals surface area (Å²) in [7, 11) is 0. The van der Waals surface area contributed by atoms with Crippen LogP contribution in [0.4, 0.5) is 0 Å². The lowest BCUT2D eigenvalue weighted by Gasteiger charge is -2.04. The summed E-state index contributed by atoms with van der Waals surface area (Å²) in [6.07, 6.45) is 0. The van der Waals surface area contributed by atoms with Crippen LogP contribution >= 0.6 is 15.9 Å².